The Balaban J connectivity index is 2.86. The van der Waals surface area contributed by atoms with Crippen LogP contribution in [0.3, 0.4) is 0 Å². The second-order valence-electron chi connectivity index (χ2n) is 2.34. The highest BCUT2D eigenvalue weighted by Gasteiger charge is 1.90. The summed E-state index contributed by atoms with van der Waals surface area (Å²) in [5, 5.41) is 0. The summed E-state index contributed by atoms with van der Waals surface area (Å²) in [5.74, 6) is 0. The van der Waals surface area contributed by atoms with Crippen molar-refractivity contribution in [3.8, 4) is 0 Å². The highest BCUT2D eigenvalue weighted by molar-refractivity contribution is 5.48. The van der Waals surface area contributed by atoms with Gasteiger partial charge in [0.05, 0.1) is 5.69 Å². The molecule has 1 aromatic heterocycles. The van der Waals surface area contributed by atoms with Gasteiger partial charge in [0.1, 0.15) is 0 Å². The van der Waals surface area contributed by atoms with Gasteiger partial charge in [-0.3, -0.25) is 4.98 Å². The fraction of sp³-hybridized carbons (Fsp3) is 0.222. The molecule has 0 saturated heterocycles. The third kappa shape index (κ3) is 2.16. The first-order chi connectivity index (χ1) is 5.34. The average Bonchev–Trinajstić information content (AvgIpc) is 2.03. The second kappa shape index (κ2) is 3.88. The largest absolute Gasteiger partial charge is 0.327 e. The molecule has 0 saturated carbocycles. The smallest absolute Gasteiger partial charge is 0.0656 e. The van der Waals surface area contributed by atoms with E-state index in [-0.39, 0.29) is 0 Å². The van der Waals surface area contributed by atoms with Crippen LogP contribution < -0.4 is 5.73 Å². The zero-order valence-electron chi connectivity index (χ0n) is 6.62. The number of pyridine rings is 1. The van der Waals surface area contributed by atoms with E-state index in [2.05, 4.69) is 4.98 Å². The number of hydrogen-bond donors (Lipinski definition) is 1. The lowest BCUT2D eigenvalue weighted by atomic mass is 10.2. The number of rotatable bonds is 2. The lowest BCUT2D eigenvalue weighted by Gasteiger charge is -1.95. The van der Waals surface area contributed by atoms with E-state index in [0.29, 0.717) is 6.54 Å². The van der Waals surface area contributed by atoms with Crippen LogP contribution in [0, 0.1) is 6.92 Å². The van der Waals surface area contributed by atoms with Crippen LogP contribution in [0.15, 0.2) is 24.4 Å². The quantitative estimate of drug-likeness (QED) is 0.687. The summed E-state index contributed by atoms with van der Waals surface area (Å²) in [5.41, 5.74) is 7.49. The van der Waals surface area contributed by atoms with E-state index in [0.717, 1.165) is 5.69 Å². The first-order valence-corrected chi connectivity index (χ1v) is 3.63. The molecule has 1 heterocycles. The maximum absolute atomic E-state index is 5.31. The number of hydrogen-bond acceptors (Lipinski definition) is 2. The van der Waals surface area contributed by atoms with Crippen LogP contribution in [-0.4, -0.2) is 11.5 Å². The normalized spacial score (nSPS) is 10.7. The standard InChI is InChI=1S/C9H12N2/c1-8-4-3-7-11-9(8)5-2-6-10/h2-5,7H,6,10H2,1H3. The van der Waals surface area contributed by atoms with Crippen molar-refractivity contribution in [2.45, 2.75) is 6.92 Å². The van der Waals surface area contributed by atoms with Crippen LogP contribution in [0.25, 0.3) is 6.08 Å². The Labute approximate surface area is 66.8 Å². The summed E-state index contributed by atoms with van der Waals surface area (Å²) in [6, 6.07) is 3.96. The molecule has 0 aliphatic heterocycles. The van der Waals surface area contributed by atoms with E-state index in [1.54, 1.807) is 6.20 Å². The van der Waals surface area contributed by atoms with E-state index >= 15 is 0 Å². The van der Waals surface area contributed by atoms with Gasteiger partial charge < -0.3 is 5.73 Å². The van der Waals surface area contributed by atoms with E-state index in [1.165, 1.54) is 5.56 Å². The van der Waals surface area contributed by atoms with Crippen LogP contribution in [0.4, 0.5) is 0 Å². The zero-order valence-corrected chi connectivity index (χ0v) is 6.62. The Morgan fingerprint density at radius 1 is 1.64 bits per heavy atom. The third-order valence-corrected chi connectivity index (χ3v) is 1.46. The summed E-state index contributed by atoms with van der Waals surface area (Å²) < 4.78 is 0. The molecule has 2 nitrogen and oxygen atoms in total. The highest BCUT2D eigenvalue weighted by Crippen LogP contribution is 2.03. The van der Waals surface area contributed by atoms with Crippen LogP contribution in [0.1, 0.15) is 11.3 Å². The van der Waals surface area contributed by atoms with Crippen molar-refractivity contribution in [3.05, 3.63) is 35.7 Å². The SMILES string of the molecule is Cc1cccnc1C=CCN. The fourth-order valence-corrected chi connectivity index (χ4v) is 0.852. The predicted octanol–water partition coefficient (Wildman–Crippen LogP) is 1.36. The first kappa shape index (κ1) is 7.95. The van der Waals surface area contributed by atoms with Gasteiger partial charge >= 0.3 is 0 Å². The molecule has 0 unspecified atom stereocenters. The average molecular weight is 148 g/mol. The van der Waals surface area contributed by atoms with Gasteiger partial charge in [-0.05, 0) is 24.6 Å². The van der Waals surface area contributed by atoms with Gasteiger partial charge in [0, 0.05) is 12.7 Å². The van der Waals surface area contributed by atoms with Crippen molar-refractivity contribution in [2.75, 3.05) is 6.54 Å². The second-order valence-corrected chi connectivity index (χ2v) is 2.34. The van der Waals surface area contributed by atoms with Crippen molar-refractivity contribution in [2.24, 2.45) is 5.73 Å². The molecule has 1 rings (SSSR count). The van der Waals surface area contributed by atoms with Crippen molar-refractivity contribution < 1.29 is 0 Å². The van der Waals surface area contributed by atoms with Crippen LogP contribution in [-0.2, 0) is 0 Å². The van der Waals surface area contributed by atoms with Gasteiger partial charge in [-0.2, -0.15) is 0 Å². The summed E-state index contributed by atoms with van der Waals surface area (Å²) in [6.07, 6.45) is 5.62. The summed E-state index contributed by atoms with van der Waals surface area (Å²) in [7, 11) is 0. The minimum atomic E-state index is 0.565. The molecule has 58 valence electrons. The monoisotopic (exact) mass is 148 g/mol. The maximum Gasteiger partial charge on any atom is 0.0656 e. The molecule has 0 atom stereocenters. The molecule has 2 N–H and O–H groups in total. The molecule has 0 fully saturated rings. The Kier molecular flexibility index (Phi) is 2.81. The van der Waals surface area contributed by atoms with Gasteiger partial charge in [-0.15, -0.1) is 0 Å². The molecule has 0 bridgehead atoms. The van der Waals surface area contributed by atoms with Gasteiger partial charge in [0.15, 0.2) is 0 Å². The van der Waals surface area contributed by atoms with Crippen molar-refractivity contribution in [1.82, 2.24) is 4.98 Å². The molecule has 0 spiro atoms. The lowest BCUT2D eigenvalue weighted by molar-refractivity contribution is 1.22. The molecular formula is C9H12N2. The molecule has 0 aliphatic rings. The molecule has 0 amide bonds. The number of aromatic nitrogens is 1. The Morgan fingerprint density at radius 2 is 2.45 bits per heavy atom. The fourth-order valence-electron chi connectivity index (χ4n) is 0.852. The summed E-state index contributed by atoms with van der Waals surface area (Å²) in [6.45, 7) is 2.60. The molecule has 0 aliphatic carbocycles. The maximum atomic E-state index is 5.31. The predicted molar refractivity (Wildman–Crippen MR) is 47.1 cm³/mol. The number of nitrogens with two attached hydrogens (primary N) is 1. The van der Waals surface area contributed by atoms with Gasteiger partial charge in [0.25, 0.3) is 0 Å². The molecule has 1 aromatic rings. The third-order valence-electron chi connectivity index (χ3n) is 1.46. The summed E-state index contributed by atoms with van der Waals surface area (Å²) in [4.78, 5) is 4.17. The van der Waals surface area contributed by atoms with Crippen molar-refractivity contribution in [1.29, 1.82) is 0 Å². The first-order valence-electron chi connectivity index (χ1n) is 3.63. The van der Waals surface area contributed by atoms with Gasteiger partial charge in [-0.25, -0.2) is 0 Å². The Hall–Kier alpha value is -1.15. The van der Waals surface area contributed by atoms with Gasteiger partial charge in [-0.1, -0.05) is 12.1 Å². The van der Waals surface area contributed by atoms with Crippen molar-refractivity contribution in [3.63, 3.8) is 0 Å². The van der Waals surface area contributed by atoms with E-state index < -0.39 is 0 Å². The molecule has 11 heavy (non-hydrogen) atoms. The molecule has 2 heteroatoms. The zero-order chi connectivity index (χ0) is 8.10. The number of aryl methyl sites for hydroxylation is 1. The molecule has 0 aromatic carbocycles. The van der Waals surface area contributed by atoms with Gasteiger partial charge in [0.2, 0.25) is 0 Å². The highest BCUT2D eigenvalue weighted by atomic mass is 14.7. The molecular weight excluding hydrogens is 136 g/mol. The van der Waals surface area contributed by atoms with Crippen LogP contribution in [0.2, 0.25) is 0 Å². The van der Waals surface area contributed by atoms with Crippen LogP contribution in [0.5, 0.6) is 0 Å². The van der Waals surface area contributed by atoms with E-state index in [1.807, 2.05) is 31.2 Å². The van der Waals surface area contributed by atoms with E-state index in [4.69, 9.17) is 5.73 Å². The van der Waals surface area contributed by atoms with Crippen molar-refractivity contribution >= 4 is 6.08 Å². The number of nitrogens with zero attached hydrogens (tertiary/aromatic N) is 1. The topological polar surface area (TPSA) is 38.9 Å². The van der Waals surface area contributed by atoms with E-state index in [9.17, 15) is 0 Å². The minimum Gasteiger partial charge on any atom is -0.327 e. The minimum absolute atomic E-state index is 0.565. The summed E-state index contributed by atoms with van der Waals surface area (Å²) >= 11 is 0. The van der Waals surface area contributed by atoms with Crippen LogP contribution >= 0.6 is 0 Å². The molecule has 0 radical (unpaired) electrons. The Bertz CT molecular complexity index is 253. The Morgan fingerprint density at radius 3 is 3.09 bits per heavy atom. The lowest BCUT2D eigenvalue weighted by Crippen LogP contribution is -1.93.